The van der Waals surface area contributed by atoms with Crippen molar-refractivity contribution in [2.24, 2.45) is 0 Å². The molecule has 2 aromatic heterocycles. The van der Waals surface area contributed by atoms with Gasteiger partial charge in [-0.3, -0.25) is 9.36 Å². The van der Waals surface area contributed by atoms with Crippen molar-refractivity contribution in [1.82, 2.24) is 9.55 Å². The first-order valence-corrected chi connectivity index (χ1v) is 12.0. The Bertz CT molecular complexity index is 879. The van der Waals surface area contributed by atoms with Crippen molar-refractivity contribution in [3.63, 3.8) is 0 Å². The number of nitrogens with zero attached hydrogens (tertiary/aromatic N) is 2. The molecule has 3 aliphatic rings. The van der Waals surface area contributed by atoms with Crippen LogP contribution in [0, 0.1) is 0 Å². The zero-order valence-electron chi connectivity index (χ0n) is 15.6. The van der Waals surface area contributed by atoms with Crippen LogP contribution in [-0.4, -0.2) is 40.7 Å². The molecule has 0 aromatic carbocycles. The molecular formula is C20H26N2O3S2. The molecule has 146 valence electrons. The van der Waals surface area contributed by atoms with Gasteiger partial charge in [-0.2, -0.15) is 0 Å². The van der Waals surface area contributed by atoms with Crippen molar-refractivity contribution < 1.29 is 9.47 Å². The zero-order valence-corrected chi connectivity index (χ0v) is 17.2. The summed E-state index contributed by atoms with van der Waals surface area (Å²) in [5.41, 5.74) is 1.41. The summed E-state index contributed by atoms with van der Waals surface area (Å²) in [6.45, 7) is 2.29. The van der Waals surface area contributed by atoms with Gasteiger partial charge in [0.25, 0.3) is 5.56 Å². The van der Waals surface area contributed by atoms with Gasteiger partial charge >= 0.3 is 0 Å². The lowest BCUT2D eigenvalue weighted by Crippen LogP contribution is -2.29. The van der Waals surface area contributed by atoms with Crippen molar-refractivity contribution in [3.05, 3.63) is 20.8 Å². The van der Waals surface area contributed by atoms with Crippen molar-refractivity contribution in [1.29, 1.82) is 0 Å². The van der Waals surface area contributed by atoms with E-state index in [1.54, 1.807) is 23.1 Å². The van der Waals surface area contributed by atoms with Crippen LogP contribution in [0.3, 0.4) is 0 Å². The number of hydrogen-bond acceptors (Lipinski definition) is 6. The molecule has 1 aliphatic carbocycles. The first-order chi connectivity index (χ1) is 13.3. The highest BCUT2D eigenvalue weighted by Gasteiger charge is 2.26. The van der Waals surface area contributed by atoms with E-state index in [0.29, 0.717) is 6.54 Å². The number of ether oxygens (including phenoxy) is 2. The molecule has 0 N–H and O–H groups in total. The van der Waals surface area contributed by atoms with Gasteiger partial charge < -0.3 is 9.47 Å². The Morgan fingerprint density at radius 1 is 1.07 bits per heavy atom. The standard InChI is InChI=1S/C20H26N2O3S2/c23-19-17-15-7-3-8-16(15)27-18(17)21-20(22(19)11-13-6-4-10-24-13)26-12-14-5-1-2-9-25-14/h13-14H,1-12H2. The molecule has 2 aliphatic heterocycles. The monoisotopic (exact) mass is 406 g/mol. The van der Waals surface area contributed by atoms with Gasteiger partial charge in [0.1, 0.15) is 4.83 Å². The van der Waals surface area contributed by atoms with Crippen LogP contribution in [0.5, 0.6) is 0 Å². The first kappa shape index (κ1) is 18.2. The van der Waals surface area contributed by atoms with Crippen LogP contribution in [0.2, 0.25) is 0 Å². The van der Waals surface area contributed by atoms with Gasteiger partial charge in [-0.25, -0.2) is 4.98 Å². The number of hydrogen-bond donors (Lipinski definition) is 0. The van der Waals surface area contributed by atoms with E-state index in [4.69, 9.17) is 14.5 Å². The summed E-state index contributed by atoms with van der Waals surface area (Å²) in [6.07, 6.45) is 9.32. The lowest BCUT2D eigenvalue weighted by Gasteiger charge is -2.22. The summed E-state index contributed by atoms with van der Waals surface area (Å²) >= 11 is 3.41. The first-order valence-electron chi connectivity index (χ1n) is 10.2. The average molecular weight is 407 g/mol. The molecule has 0 spiro atoms. The maximum absolute atomic E-state index is 13.4. The van der Waals surface area contributed by atoms with E-state index in [1.807, 2.05) is 4.57 Å². The van der Waals surface area contributed by atoms with Crippen molar-refractivity contribution in [2.45, 2.75) is 75.3 Å². The van der Waals surface area contributed by atoms with E-state index in [9.17, 15) is 4.79 Å². The van der Waals surface area contributed by atoms with Gasteiger partial charge in [0.15, 0.2) is 5.16 Å². The fourth-order valence-corrected chi connectivity index (χ4v) is 6.80. The van der Waals surface area contributed by atoms with Crippen LogP contribution in [0.25, 0.3) is 10.2 Å². The van der Waals surface area contributed by atoms with Gasteiger partial charge in [-0.05, 0) is 56.9 Å². The van der Waals surface area contributed by atoms with Crippen LogP contribution < -0.4 is 5.56 Å². The molecule has 7 heteroatoms. The molecule has 2 atom stereocenters. The number of aryl methyl sites for hydroxylation is 2. The highest BCUT2D eigenvalue weighted by atomic mass is 32.2. The van der Waals surface area contributed by atoms with Crippen molar-refractivity contribution in [3.8, 4) is 0 Å². The minimum Gasteiger partial charge on any atom is -0.377 e. The average Bonchev–Trinajstić information content (AvgIpc) is 3.40. The SMILES string of the molecule is O=c1c2c3c(sc2nc(SCC2CCCCO2)n1CC1CCCO1)CCC3. The smallest absolute Gasteiger partial charge is 0.263 e. The highest BCUT2D eigenvalue weighted by Crippen LogP contribution is 2.36. The van der Waals surface area contributed by atoms with Crippen LogP contribution in [0.1, 0.15) is 49.0 Å². The maximum atomic E-state index is 13.4. The Hall–Kier alpha value is -0.890. The number of thiophene rings is 1. The highest BCUT2D eigenvalue weighted by molar-refractivity contribution is 7.99. The predicted molar refractivity (Wildman–Crippen MR) is 109 cm³/mol. The van der Waals surface area contributed by atoms with E-state index >= 15 is 0 Å². The van der Waals surface area contributed by atoms with Crippen molar-refractivity contribution >= 4 is 33.3 Å². The molecule has 2 saturated heterocycles. The second-order valence-corrected chi connectivity index (χ2v) is 9.85. The Morgan fingerprint density at radius 2 is 1.93 bits per heavy atom. The third-order valence-electron chi connectivity index (χ3n) is 5.87. The van der Waals surface area contributed by atoms with Crippen LogP contribution in [0.15, 0.2) is 9.95 Å². The van der Waals surface area contributed by atoms with Crippen LogP contribution >= 0.6 is 23.1 Å². The molecule has 2 fully saturated rings. The molecule has 5 rings (SSSR count). The molecule has 0 amide bonds. The summed E-state index contributed by atoms with van der Waals surface area (Å²) in [5, 5.41) is 1.72. The fourth-order valence-electron chi connectivity index (χ4n) is 4.43. The fraction of sp³-hybridized carbons (Fsp3) is 0.700. The minimum atomic E-state index is 0.138. The quantitative estimate of drug-likeness (QED) is 0.559. The number of rotatable bonds is 5. The summed E-state index contributed by atoms with van der Waals surface area (Å²) in [6, 6.07) is 0. The largest absolute Gasteiger partial charge is 0.377 e. The van der Waals surface area contributed by atoms with Gasteiger partial charge in [0.2, 0.25) is 0 Å². The number of fused-ring (bicyclic) bond motifs is 3. The lowest BCUT2D eigenvalue weighted by atomic mass is 10.1. The van der Waals surface area contributed by atoms with E-state index < -0.39 is 0 Å². The second kappa shape index (κ2) is 7.85. The molecule has 0 bridgehead atoms. The van der Waals surface area contributed by atoms with Gasteiger partial charge in [-0.15, -0.1) is 11.3 Å². The molecular weight excluding hydrogens is 380 g/mol. The normalized spacial score (nSPS) is 25.3. The predicted octanol–water partition coefficient (Wildman–Crippen LogP) is 3.79. The molecule has 0 saturated carbocycles. The topological polar surface area (TPSA) is 53.3 Å². The Labute approximate surface area is 167 Å². The Morgan fingerprint density at radius 3 is 2.74 bits per heavy atom. The maximum Gasteiger partial charge on any atom is 0.263 e. The molecule has 0 radical (unpaired) electrons. The van der Waals surface area contributed by atoms with E-state index in [-0.39, 0.29) is 17.8 Å². The van der Waals surface area contributed by atoms with E-state index in [1.165, 1.54) is 16.9 Å². The van der Waals surface area contributed by atoms with Gasteiger partial charge in [-0.1, -0.05) is 11.8 Å². The molecule has 4 heterocycles. The van der Waals surface area contributed by atoms with Gasteiger partial charge in [0, 0.05) is 23.8 Å². The third kappa shape index (κ3) is 3.59. The summed E-state index contributed by atoms with van der Waals surface area (Å²) < 4.78 is 13.6. The minimum absolute atomic E-state index is 0.138. The van der Waals surface area contributed by atoms with Crippen LogP contribution in [0.4, 0.5) is 0 Å². The number of thioether (sulfide) groups is 1. The summed E-state index contributed by atoms with van der Waals surface area (Å²) in [7, 11) is 0. The van der Waals surface area contributed by atoms with Gasteiger partial charge in [0.05, 0.1) is 24.1 Å². The molecule has 5 nitrogen and oxygen atoms in total. The molecule has 2 unspecified atom stereocenters. The number of aromatic nitrogens is 2. The molecule has 27 heavy (non-hydrogen) atoms. The lowest BCUT2D eigenvalue weighted by molar-refractivity contribution is 0.0315. The van der Waals surface area contributed by atoms with E-state index in [2.05, 4.69) is 0 Å². The zero-order chi connectivity index (χ0) is 18.2. The summed E-state index contributed by atoms with van der Waals surface area (Å²) in [5.74, 6) is 0.870. The Kier molecular flexibility index (Phi) is 5.28. The van der Waals surface area contributed by atoms with Crippen LogP contribution in [-0.2, 0) is 28.9 Å². The molecule has 2 aromatic rings. The van der Waals surface area contributed by atoms with Crippen molar-refractivity contribution in [2.75, 3.05) is 19.0 Å². The summed E-state index contributed by atoms with van der Waals surface area (Å²) in [4.78, 5) is 20.7. The van der Waals surface area contributed by atoms with E-state index in [0.717, 1.165) is 79.3 Å². The third-order valence-corrected chi connectivity index (χ3v) is 8.17. The Balaban J connectivity index is 1.49. The second-order valence-electron chi connectivity index (χ2n) is 7.78.